The summed E-state index contributed by atoms with van der Waals surface area (Å²) < 4.78 is 5.36. The van der Waals surface area contributed by atoms with Crippen molar-refractivity contribution in [1.82, 2.24) is 0 Å². The fraction of sp³-hybridized carbons (Fsp3) is 0.161. The average Bonchev–Trinajstić information content (AvgIpc) is 2.93. The molecule has 0 radical (unpaired) electrons. The maximum Gasteiger partial charge on any atom is 0.328 e. The second-order valence-corrected chi connectivity index (χ2v) is 8.42. The van der Waals surface area contributed by atoms with Crippen LogP contribution < -0.4 is 10.6 Å². The van der Waals surface area contributed by atoms with Crippen molar-refractivity contribution in [3.8, 4) is 11.1 Å². The van der Waals surface area contributed by atoms with Gasteiger partial charge in [-0.1, -0.05) is 78.9 Å². The Bertz CT molecular complexity index is 1320. The molecular weight excluding hydrogens is 448 g/mol. The molecule has 0 aromatic heterocycles. The van der Waals surface area contributed by atoms with Gasteiger partial charge in [0.2, 0.25) is 0 Å². The summed E-state index contributed by atoms with van der Waals surface area (Å²) >= 11 is 0. The molecule has 5 heteroatoms. The molecule has 0 saturated heterocycles. The lowest BCUT2D eigenvalue weighted by Crippen LogP contribution is -2.34. The van der Waals surface area contributed by atoms with Crippen LogP contribution in [0.25, 0.3) is 11.1 Å². The van der Waals surface area contributed by atoms with Crippen LogP contribution in [0.4, 0.5) is 11.4 Å². The zero-order valence-electron chi connectivity index (χ0n) is 20.5. The number of benzene rings is 4. The second-order valence-electron chi connectivity index (χ2n) is 8.42. The highest BCUT2D eigenvalue weighted by Crippen LogP contribution is 2.25. The number of para-hydroxylation sites is 1. The van der Waals surface area contributed by atoms with Crippen molar-refractivity contribution in [2.24, 2.45) is 0 Å². The lowest BCUT2D eigenvalue weighted by molar-refractivity contribution is -0.144. The molecule has 0 amide bonds. The second kappa shape index (κ2) is 11.8. The summed E-state index contributed by atoms with van der Waals surface area (Å²) in [7, 11) is 1.90. The minimum absolute atomic E-state index is 0.102. The number of carbonyl (C=O) groups excluding carboxylic acids is 2. The third-order valence-electron chi connectivity index (χ3n) is 5.99. The molecule has 0 aliphatic heterocycles. The summed E-state index contributed by atoms with van der Waals surface area (Å²) in [6.07, 6.45) is 0.420. The maximum absolute atomic E-state index is 13.2. The van der Waals surface area contributed by atoms with Crippen molar-refractivity contribution >= 4 is 23.1 Å². The van der Waals surface area contributed by atoms with Gasteiger partial charge < -0.3 is 15.4 Å². The fourth-order valence-electron chi connectivity index (χ4n) is 4.10. The number of ether oxygens (including phenoxy) is 1. The van der Waals surface area contributed by atoms with E-state index in [1.54, 1.807) is 25.1 Å². The summed E-state index contributed by atoms with van der Waals surface area (Å²) in [5.41, 5.74) is 5.95. The lowest BCUT2D eigenvalue weighted by atomic mass is 9.98. The summed E-state index contributed by atoms with van der Waals surface area (Å²) in [6, 6.07) is 32.1. The Morgan fingerprint density at radius 1 is 0.806 bits per heavy atom. The van der Waals surface area contributed by atoms with E-state index in [1.807, 2.05) is 67.7 Å². The number of esters is 1. The molecule has 182 valence electrons. The van der Waals surface area contributed by atoms with Gasteiger partial charge in [-0.2, -0.15) is 0 Å². The zero-order valence-corrected chi connectivity index (χ0v) is 20.5. The molecule has 36 heavy (non-hydrogen) atoms. The minimum Gasteiger partial charge on any atom is -0.464 e. The fourth-order valence-corrected chi connectivity index (χ4v) is 4.10. The van der Waals surface area contributed by atoms with E-state index in [-0.39, 0.29) is 18.4 Å². The number of anilines is 2. The highest BCUT2D eigenvalue weighted by Gasteiger charge is 2.23. The van der Waals surface area contributed by atoms with Crippen LogP contribution in [0.3, 0.4) is 0 Å². The van der Waals surface area contributed by atoms with E-state index in [0.29, 0.717) is 23.2 Å². The molecule has 1 atom stereocenters. The molecule has 0 spiro atoms. The molecule has 0 heterocycles. The molecular formula is C31H30N2O3. The van der Waals surface area contributed by atoms with E-state index in [9.17, 15) is 9.59 Å². The monoisotopic (exact) mass is 478 g/mol. The van der Waals surface area contributed by atoms with Crippen LogP contribution in [-0.4, -0.2) is 31.4 Å². The van der Waals surface area contributed by atoms with Crippen LogP contribution >= 0.6 is 0 Å². The first-order valence-electron chi connectivity index (χ1n) is 12.1. The largest absolute Gasteiger partial charge is 0.464 e. The third kappa shape index (κ3) is 5.99. The number of nitrogens with one attached hydrogen (secondary N) is 2. The van der Waals surface area contributed by atoms with E-state index >= 15 is 0 Å². The number of rotatable bonds is 10. The molecule has 0 aliphatic rings. The van der Waals surface area contributed by atoms with Crippen molar-refractivity contribution in [2.75, 3.05) is 24.3 Å². The predicted molar refractivity (Wildman–Crippen MR) is 145 cm³/mol. The SMILES string of the molecule is CCOC(=O)[C@H](Cc1ccc(-c2cccc(NC)c2)cc1)Nc1ccccc1C(=O)c1ccccc1. The van der Waals surface area contributed by atoms with Gasteiger partial charge in [0.15, 0.2) is 5.78 Å². The Morgan fingerprint density at radius 2 is 1.53 bits per heavy atom. The Labute approximate surface area is 212 Å². The standard InChI is InChI=1S/C31H30N2O3/c1-3-36-31(35)29(20-22-16-18-23(19-17-22)25-12-9-13-26(21-25)32-2)33-28-15-8-7-14-27(28)30(34)24-10-5-4-6-11-24/h4-19,21,29,32-33H,3,20H2,1-2H3/t29-/m0/s1. The van der Waals surface area contributed by atoms with E-state index in [0.717, 1.165) is 22.4 Å². The molecule has 0 bridgehead atoms. The topological polar surface area (TPSA) is 67.4 Å². The van der Waals surface area contributed by atoms with Gasteiger partial charge in [-0.3, -0.25) is 4.79 Å². The van der Waals surface area contributed by atoms with Crippen molar-refractivity contribution in [2.45, 2.75) is 19.4 Å². The van der Waals surface area contributed by atoms with E-state index in [2.05, 4.69) is 34.9 Å². The van der Waals surface area contributed by atoms with Crippen LogP contribution in [0.5, 0.6) is 0 Å². The van der Waals surface area contributed by atoms with Crippen molar-refractivity contribution in [3.05, 3.63) is 120 Å². The molecule has 4 rings (SSSR count). The maximum atomic E-state index is 13.2. The quantitative estimate of drug-likeness (QED) is 0.209. The van der Waals surface area contributed by atoms with E-state index in [4.69, 9.17) is 4.74 Å². The van der Waals surface area contributed by atoms with Crippen LogP contribution in [0, 0.1) is 0 Å². The van der Waals surface area contributed by atoms with Gasteiger partial charge >= 0.3 is 5.97 Å². The normalized spacial score (nSPS) is 11.4. The number of ketones is 1. The molecule has 0 fully saturated rings. The number of carbonyl (C=O) groups is 2. The van der Waals surface area contributed by atoms with Crippen LogP contribution in [0.15, 0.2) is 103 Å². The average molecular weight is 479 g/mol. The molecule has 4 aromatic rings. The molecule has 2 N–H and O–H groups in total. The van der Waals surface area contributed by atoms with Crippen molar-refractivity contribution in [3.63, 3.8) is 0 Å². The Balaban J connectivity index is 1.57. The lowest BCUT2D eigenvalue weighted by Gasteiger charge is -2.20. The van der Waals surface area contributed by atoms with E-state index < -0.39 is 6.04 Å². The van der Waals surface area contributed by atoms with Gasteiger partial charge in [0.25, 0.3) is 0 Å². The molecule has 0 saturated carbocycles. The highest BCUT2D eigenvalue weighted by atomic mass is 16.5. The Kier molecular flexibility index (Phi) is 8.14. The smallest absolute Gasteiger partial charge is 0.328 e. The van der Waals surface area contributed by atoms with Crippen molar-refractivity contribution in [1.29, 1.82) is 0 Å². The highest BCUT2D eigenvalue weighted by molar-refractivity contribution is 6.12. The van der Waals surface area contributed by atoms with Gasteiger partial charge in [0.1, 0.15) is 6.04 Å². The van der Waals surface area contributed by atoms with Gasteiger partial charge in [0.05, 0.1) is 6.61 Å². The van der Waals surface area contributed by atoms with Gasteiger partial charge in [-0.05, 0) is 47.9 Å². The Morgan fingerprint density at radius 3 is 2.25 bits per heavy atom. The summed E-state index contributed by atoms with van der Waals surface area (Å²) in [5, 5.41) is 6.45. The van der Waals surface area contributed by atoms with Gasteiger partial charge in [0, 0.05) is 36.0 Å². The van der Waals surface area contributed by atoms with Crippen LogP contribution in [-0.2, 0) is 16.0 Å². The summed E-state index contributed by atoms with van der Waals surface area (Å²) in [5.74, 6) is -0.459. The van der Waals surface area contributed by atoms with Crippen molar-refractivity contribution < 1.29 is 14.3 Å². The van der Waals surface area contributed by atoms with Gasteiger partial charge in [-0.15, -0.1) is 0 Å². The summed E-state index contributed by atoms with van der Waals surface area (Å²) in [4.78, 5) is 26.0. The first-order valence-corrected chi connectivity index (χ1v) is 12.1. The molecule has 5 nitrogen and oxygen atoms in total. The first kappa shape index (κ1) is 24.7. The summed E-state index contributed by atoms with van der Waals surface area (Å²) in [6.45, 7) is 2.07. The number of hydrogen-bond donors (Lipinski definition) is 2. The number of hydrogen-bond acceptors (Lipinski definition) is 5. The predicted octanol–water partition coefficient (Wildman–Crippen LogP) is 6.21. The molecule has 0 unspecified atom stereocenters. The molecule has 0 aliphatic carbocycles. The van der Waals surface area contributed by atoms with Crippen LogP contribution in [0.2, 0.25) is 0 Å². The first-order chi connectivity index (χ1) is 17.6. The van der Waals surface area contributed by atoms with Crippen LogP contribution in [0.1, 0.15) is 28.4 Å². The molecule has 4 aromatic carbocycles. The Hall–Kier alpha value is -4.38. The minimum atomic E-state index is -0.645. The van der Waals surface area contributed by atoms with E-state index in [1.165, 1.54) is 0 Å². The zero-order chi connectivity index (χ0) is 25.3. The third-order valence-corrected chi connectivity index (χ3v) is 5.99. The van der Waals surface area contributed by atoms with Gasteiger partial charge in [-0.25, -0.2) is 4.79 Å².